The lowest BCUT2D eigenvalue weighted by molar-refractivity contribution is -0.120. The van der Waals surface area contributed by atoms with E-state index < -0.39 is 30.1 Å². The number of aromatic nitrogens is 1. The smallest absolute Gasteiger partial charge is 0.270 e. The first kappa shape index (κ1) is 22.9. The molecule has 170 valence electrons. The summed E-state index contributed by atoms with van der Waals surface area (Å²) in [6, 6.07) is 21.2. The molecule has 0 unspecified atom stereocenters. The highest BCUT2D eigenvalue weighted by molar-refractivity contribution is 6.33. The summed E-state index contributed by atoms with van der Waals surface area (Å²) in [4.78, 5) is 41.7. The molecule has 0 radical (unpaired) electrons. The SMILES string of the molecule is O=C(CNC(=O)c1ccccc1F)NNC(=O)c1cc(-c2ccccc2Cl)nc2ccccc12. The van der Waals surface area contributed by atoms with Gasteiger partial charge in [-0.05, 0) is 30.3 Å². The lowest BCUT2D eigenvalue weighted by atomic mass is 10.0. The van der Waals surface area contributed by atoms with Crippen LogP contribution in [0.3, 0.4) is 0 Å². The number of hydrazine groups is 1. The van der Waals surface area contributed by atoms with Crippen LogP contribution in [-0.4, -0.2) is 29.3 Å². The third-order valence-electron chi connectivity index (χ3n) is 4.95. The second-order valence-corrected chi connectivity index (χ2v) is 7.62. The standard InChI is InChI=1S/C25H18ClFN4O3/c26-19-10-4-1-8-16(19)22-13-18(15-7-3-6-12-21(15)29-22)25(34)31-30-23(32)14-28-24(33)17-9-2-5-11-20(17)27/h1-13H,14H2,(H,28,33)(H,30,32)(H,31,34). The number of nitrogens with one attached hydrogen (secondary N) is 3. The fourth-order valence-electron chi connectivity index (χ4n) is 3.31. The summed E-state index contributed by atoms with van der Waals surface area (Å²) in [5.41, 5.74) is 6.40. The zero-order valence-corrected chi connectivity index (χ0v) is 18.4. The van der Waals surface area contributed by atoms with E-state index in [4.69, 9.17) is 11.6 Å². The van der Waals surface area contributed by atoms with Crippen molar-refractivity contribution in [3.05, 3.63) is 101 Å². The van der Waals surface area contributed by atoms with Gasteiger partial charge in [-0.2, -0.15) is 0 Å². The minimum Gasteiger partial charge on any atom is -0.343 e. The first-order valence-electron chi connectivity index (χ1n) is 10.2. The minimum atomic E-state index is -0.746. The van der Waals surface area contributed by atoms with Gasteiger partial charge in [0.05, 0.1) is 28.9 Å². The van der Waals surface area contributed by atoms with Crippen molar-refractivity contribution in [2.24, 2.45) is 0 Å². The van der Waals surface area contributed by atoms with Crippen LogP contribution >= 0.6 is 11.6 Å². The maximum absolute atomic E-state index is 13.7. The molecule has 3 aromatic carbocycles. The number of rotatable bonds is 5. The van der Waals surface area contributed by atoms with Crippen molar-refractivity contribution in [1.82, 2.24) is 21.2 Å². The molecule has 4 rings (SSSR count). The lowest BCUT2D eigenvalue weighted by Gasteiger charge is -2.12. The molecular formula is C25H18ClFN4O3. The number of fused-ring (bicyclic) bond motifs is 1. The number of hydrogen-bond acceptors (Lipinski definition) is 4. The number of pyridine rings is 1. The summed E-state index contributed by atoms with van der Waals surface area (Å²) >= 11 is 6.30. The van der Waals surface area contributed by atoms with Gasteiger partial charge in [0.25, 0.3) is 17.7 Å². The number of nitrogens with zero attached hydrogens (tertiary/aromatic N) is 1. The van der Waals surface area contributed by atoms with Gasteiger partial charge in [-0.25, -0.2) is 9.37 Å². The van der Waals surface area contributed by atoms with E-state index in [2.05, 4.69) is 21.2 Å². The zero-order chi connectivity index (χ0) is 24.1. The molecule has 0 aliphatic heterocycles. The molecule has 0 aliphatic carbocycles. The van der Waals surface area contributed by atoms with E-state index in [0.717, 1.165) is 6.07 Å². The zero-order valence-electron chi connectivity index (χ0n) is 17.6. The molecule has 7 nitrogen and oxygen atoms in total. The molecule has 9 heteroatoms. The molecule has 4 aromatic rings. The molecular weight excluding hydrogens is 459 g/mol. The third kappa shape index (κ3) is 5.02. The van der Waals surface area contributed by atoms with E-state index in [1.807, 2.05) is 6.07 Å². The van der Waals surface area contributed by atoms with Crippen LogP contribution in [0.4, 0.5) is 4.39 Å². The van der Waals surface area contributed by atoms with E-state index in [-0.39, 0.29) is 11.1 Å². The Bertz CT molecular complexity index is 1410. The van der Waals surface area contributed by atoms with Crippen LogP contribution in [0.2, 0.25) is 5.02 Å². The molecule has 0 atom stereocenters. The molecule has 1 aromatic heterocycles. The molecule has 0 bridgehead atoms. The van der Waals surface area contributed by atoms with Gasteiger partial charge in [-0.1, -0.05) is 60.1 Å². The summed E-state index contributed by atoms with van der Waals surface area (Å²) in [7, 11) is 0. The van der Waals surface area contributed by atoms with Crippen LogP contribution in [0.5, 0.6) is 0 Å². The van der Waals surface area contributed by atoms with E-state index in [1.54, 1.807) is 48.5 Å². The Morgan fingerprint density at radius 2 is 1.53 bits per heavy atom. The average Bonchev–Trinajstić information content (AvgIpc) is 2.85. The van der Waals surface area contributed by atoms with Crippen molar-refractivity contribution >= 4 is 40.2 Å². The average molecular weight is 477 g/mol. The number of hydrogen-bond donors (Lipinski definition) is 3. The number of carbonyl (C=O) groups is 3. The summed E-state index contributed by atoms with van der Waals surface area (Å²) in [5.74, 6) is -2.72. The second-order valence-electron chi connectivity index (χ2n) is 7.22. The Morgan fingerprint density at radius 1 is 0.824 bits per heavy atom. The largest absolute Gasteiger partial charge is 0.343 e. The maximum Gasteiger partial charge on any atom is 0.270 e. The summed E-state index contributed by atoms with van der Waals surface area (Å²) < 4.78 is 13.7. The number of carbonyl (C=O) groups excluding carboxylic acids is 3. The van der Waals surface area contributed by atoms with Gasteiger partial charge in [0.2, 0.25) is 0 Å². The fraction of sp³-hybridized carbons (Fsp3) is 0.0400. The molecule has 0 fully saturated rings. The topological polar surface area (TPSA) is 100 Å². The van der Waals surface area contributed by atoms with Gasteiger partial charge in [0.15, 0.2) is 0 Å². The monoisotopic (exact) mass is 476 g/mol. The summed E-state index contributed by atoms with van der Waals surface area (Å²) in [6.07, 6.45) is 0. The van der Waals surface area contributed by atoms with Crippen LogP contribution < -0.4 is 16.2 Å². The van der Waals surface area contributed by atoms with Gasteiger partial charge in [0, 0.05) is 16.0 Å². The van der Waals surface area contributed by atoms with Crippen molar-refractivity contribution in [2.45, 2.75) is 0 Å². The number of amides is 3. The van der Waals surface area contributed by atoms with E-state index >= 15 is 0 Å². The van der Waals surface area contributed by atoms with Crippen LogP contribution in [0.1, 0.15) is 20.7 Å². The van der Waals surface area contributed by atoms with Crippen LogP contribution in [0, 0.1) is 5.82 Å². The van der Waals surface area contributed by atoms with Crippen LogP contribution in [-0.2, 0) is 4.79 Å². The van der Waals surface area contributed by atoms with Crippen molar-refractivity contribution in [3.8, 4) is 11.3 Å². The minimum absolute atomic E-state index is 0.185. The summed E-state index contributed by atoms with van der Waals surface area (Å²) in [5, 5.41) is 3.37. The van der Waals surface area contributed by atoms with Crippen molar-refractivity contribution < 1.29 is 18.8 Å². The number of halogens is 2. The Balaban J connectivity index is 1.47. The van der Waals surface area contributed by atoms with Gasteiger partial charge in [-0.3, -0.25) is 25.2 Å². The highest BCUT2D eigenvalue weighted by atomic mass is 35.5. The normalized spacial score (nSPS) is 10.5. The van der Waals surface area contributed by atoms with Crippen LogP contribution in [0.15, 0.2) is 78.9 Å². The molecule has 3 N–H and O–H groups in total. The molecule has 0 aliphatic rings. The highest BCUT2D eigenvalue weighted by Gasteiger charge is 2.16. The number of benzene rings is 3. The molecule has 0 saturated carbocycles. The van der Waals surface area contributed by atoms with Crippen molar-refractivity contribution in [3.63, 3.8) is 0 Å². The Morgan fingerprint density at radius 3 is 2.32 bits per heavy atom. The lowest BCUT2D eigenvalue weighted by Crippen LogP contribution is -2.46. The first-order valence-corrected chi connectivity index (χ1v) is 10.6. The van der Waals surface area contributed by atoms with E-state index in [1.165, 1.54) is 18.2 Å². The van der Waals surface area contributed by atoms with Gasteiger partial charge in [-0.15, -0.1) is 0 Å². The quantitative estimate of drug-likeness (QED) is 0.380. The first-order chi connectivity index (χ1) is 16.4. The Kier molecular flexibility index (Phi) is 6.79. The van der Waals surface area contributed by atoms with Crippen LogP contribution in [0.25, 0.3) is 22.2 Å². The molecule has 1 heterocycles. The molecule has 0 saturated heterocycles. The van der Waals surface area contributed by atoms with E-state index in [9.17, 15) is 18.8 Å². The van der Waals surface area contributed by atoms with Crippen molar-refractivity contribution in [1.29, 1.82) is 0 Å². The fourth-order valence-corrected chi connectivity index (χ4v) is 3.54. The van der Waals surface area contributed by atoms with Gasteiger partial charge in [0.1, 0.15) is 5.82 Å². The second kappa shape index (κ2) is 10.1. The van der Waals surface area contributed by atoms with E-state index in [0.29, 0.717) is 27.2 Å². The van der Waals surface area contributed by atoms with Gasteiger partial charge >= 0.3 is 0 Å². The summed E-state index contributed by atoms with van der Waals surface area (Å²) in [6.45, 7) is -0.463. The predicted molar refractivity (Wildman–Crippen MR) is 127 cm³/mol. The van der Waals surface area contributed by atoms with Crippen molar-refractivity contribution in [2.75, 3.05) is 6.54 Å². The highest BCUT2D eigenvalue weighted by Crippen LogP contribution is 2.29. The Hall–Kier alpha value is -4.30. The van der Waals surface area contributed by atoms with Gasteiger partial charge < -0.3 is 5.32 Å². The number of para-hydroxylation sites is 1. The third-order valence-corrected chi connectivity index (χ3v) is 5.28. The predicted octanol–water partition coefficient (Wildman–Crippen LogP) is 3.89. The molecule has 34 heavy (non-hydrogen) atoms. The molecule has 0 spiro atoms. The molecule has 3 amide bonds. The Labute approximate surface area is 198 Å². The maximum atomic E-state index is 13.7.